The number of nitrogens with zero attached hydrogens (tertiary/aromatic N) is 4. The van der Waals surface area contributed by atoms with Gasteiger partial charge in [-0.25, -0.2) is 4.68 Å². The first-order valence-corrected chi connectivity index (χ1v) is 5.25. The van der Waals surface area contributed by atoms with Crippen molar-refractivity contribution in [3.05, 3.63) is 27.6 Å². The maximum absolute atomic E-state index is 5.86. The molecular weight excluding hydrogens is 281 g/mol. The van der Waals surface area contributed by atoms with Crippen molar-refractivity contribution in [2.45, 2.75) is 6.92 Å². The summed E-state index contributed by atoms with van der Waals surface area (Å²) in [6, 6.07) is 0. The summed E-state index contributed by atoms with van der Waals surface area (Å²) in [4.78, 5) is 8.10. The van der Waals surface area contributed by atoms with Crippen LogP contribution >= 0.6 is 27.5 Å². The van der Waals surface area contributed by atoms with Crippen LogP contribution in [0.5, 0.6) is 0 Å². The highest BCUT2D eigenvalue weighted by Gasteiger charge is 2.09. The van der Waals surface area contributed by atoms with Crippen LogP contribution < -0.4 is 5.73 Å². The number of halogens is 2. The van der Waals surface area contributed by atoms with Gasteiger partial charge < -0.3 is 5.73 Å². The molecule has 0 radical (unpaired) electrons. The molecule has 5 nitrogen and oxygen atoms in total. The molecule has 0 saturated heterocycles. The van der Waals surface area contributed by atoms with Crippen LogP contribution in [0.4, 0.5) is 5.82 Å². The number of aromatic nitrogens is 4. The Bertz CT molecular complexity index is 486. The zero-order chi connectivity index (χ0) is 11.0. The molecule has 0 aliphatic heterocycles. The van der Waals surface area contributed by atoms with Gasteiger partial charge in [-0.3, -0.25) is 0 Å². The van der Waals surface area contributed by atoms with Crippen LogP contribution in [-0.4, -0.2) is 19.7 Å². The second-order valence-electron chi connectivity index (χ2n) is 2.98. The molecule has 0 amide bonds. The largest absolute Gasteiger partial charge is 0.383 e. The number of hydrogen-bond acceptors (Lipinski definition) is 4. The normalized spacial score (nSPS) is 10.6. The fourth-order valence-electron chi connectivity index (χ4n) is 1.05. The van der Waals surface area contributed by atoms with Crippen molar-refractivity contribution in [3.63, 3.8) is 0 Å². The van der Waals surface area contributed by atoms with Gasteiger partial charge in [-0.05, 0) is 28.4 Å². The van der Waals surface area contributed by atoms with Crippen molar-refractivity contribution in [2.75, 3.05) is 5.73 Å². The van der Waals surface area contributed by atoms with Gasteiger partial charge in [0, 0.05) is 6.20 Å². The molecule has 2 aromatic rings. The molecule has 7 heteroatoms. The van der Waals surface area contributed by atoms with Crippen LogP contribution in [0.1, 0.15) is 5.56 Å². The highest BCUT2D eigenvalue weighted by Crippen LogP contribution is 2.25. The van der Waals surface area contributed by atoms with E-state index in [1.165, 1.54) is 4.68 Å². The number of aryl methyl sites for hydroxylation is 1. The first-order valence-electron chi connectivity index (χ1n) is 4.08. The number of nitrogen functional groups attached to an aromatic ring is 1. The lowest BCUT2D eigenvalue weighted by atomic mass is 10.4. The quantitative estimate of drug-likeness (QED) is 0.815. The number of hydrogen-bond donors (Lipinski definition) is 1. The topological polar surface area (TPSA) is 69.6 Å². The van der Waals surface area contributed by atoms with Gasteiger partial charge in [0.25, 0.3) is 5.95 Å². The summed E-state index contributed by atoms with van der Waals surface area (Å²) in [7, 11) is 0. The summed E-state index contributed by atoms with van der Waals surface area (Å²) in [5, 5.41) is 4.33. The van der Waals surface area contributed by atoms with Crippen LogP contribution in [0.25, 0.3) is 5.95 Å². The van der Waals surface area contributed by atoms with Crippen molar-refractivity contribution in [3.8, 4) is 5.95 Å². The Hall–Kier alpha value is -1.14. The number of nitrogens with two attached hydrogens (primary N) is 1. The minimum Gasteiger partial charge on any atom is -0.383 e. The van der Waals surface area contributed by atoms with Crippen molar-refractivity contribution in [2.24, 2.45) is 0 Å². The molecule has 15 heavy (non-hydrogen) atoms. The molecular formula is C8H7BrClN5. The van der Waals surface area contributed by atoms with Crippen molar-refractivity contribution < 1.29 is 0 Å². The lowest BCUT2D eigenvalue weighted by Crippen LogP contribution is -2.05. The standard InChI is InChI=1S/C8H7BrClN5/c1-4-2-12-15(3-4)8-13-6(10)5(9)7(11)14-8/h2-3H,1H3,(H2,11,13,14). The fourth-order valence-corrected chi connectivity index (χ4v) is 1.40. The van der Waals surface area contributed by atoms with Crippen LogP contribution in [0.15, 0.2) is 16.9 Å². The van der Waals surface area contributed by atoms with E-state index in [2.05, 4.69) is 31.0 Å². The smallest absolute Gasteiger partial charge is 0.253 e. The maximum atomic E-state index is 5.86. The summed E-state index contributed by atoms with van der Waals surface area (Å²) < 4.78 is 2.01. The predicted molar refractivity (Wildman–Crippen MR) is 61.0 cm³/mol. The van der Waals surface area contributed by atoms with E-state index in [9.17, 15) is 0 Å². The molecule has 0 aliphatic carbocycles. The van der Waals surface area contributed by atoms with Crippen LogP contribution in [0.3, 0.4) is 0 Å². The van der Waals surface area contributed by atoms with Gasteiger partial charge in [-0.2, -0.15) is 15.1 Å². The minimum absolute atomic E-state index is 0.269. The first kappa shape index (κ1) is 10.4. The van der Waals surface area contributed by atoms with E-state index < -0.39 is 0 Å². The third-order valence-electron chi connectivity index (χ3n) is 1.74. The molecule has 2 rings (SSSR count). The maximum Gasteiger partial charge on any atom is 0.253 e. The monoisotopic (exact) mass is 287 g/mol. The summed E-state index contributed by atoms with van der Waals surface area (Å²) in [5.74, 6) is 0.645. The molecule has 0 fully saturated rings. The summed E-state index contributed by atoms with van der Waals surface area (Å²) in [5.41, 5.74) is 6.65. The molecule has 78 valence electrons. The molecule has 0 spiro atoms. The third-order valence-corrected chi connectivity index (χ3v) is 3.02. The Morgan fingerprint density at radius 1 is 1.47 bits per heavy atom. The lowest BCUT2D eigenvalue weighted by Gasteiger charge is -2.03. The van der Waals surface area contributed by atoms with Gasteiger partial charge in [0.15, 0.2) is 5.15 Å². The molecule has 0 unspecified atom stereocenters. The fraction of sp³-hybridized carbons (Fsp3) is 0.125. The van der Waals surface area contributed by atoms with Crippen LogP contribution in [0.2, 0.25) is 5.15 Å². The second-order valence-corrected chi connectivity index (χ2v) is 4.13. The third kappa shape index (κ3) is 1.95. The Labute approximate surface area is 99.4 Å². The van der Waals surface area contributed by atoms with Crippen LogP contribution in [0, 0.1) is 6.92 Å². The van der Waals surface area contributed by atoms with Gasteiger partial charge in [-0.1, -0.05) is 11.6 Å². The SMILES string of the molecule is Cc1cnn(-c2nc(N)c(Br)c(Cl)n2)c1. The predicted octanol–water partition coefficient (Wildman–Crippen LogP) is 1.97. The molecule has 2 N–H and O–H groups in total. The highest BCUT2D eigenvalue weighted by molar-refractivity contribution is 9.10. The molecule has 2 heterocycles. The number of rotatable bonds is 1. The van der Waals surface area contributed by atoms with Crippen LogP contribution in [-0.2, 0) is 0 Å². The average Bonchev–Trinajstić information content (AvgIpc) is 2.60. The second kappa shape index (κ2) is 3.79. The van der Waals surface area contributed by atoms with Gasteiger partial charge in [0.1, 0.15) is 5.82 Å². The van der Waals surface area contributed by atoms with E-state index in [1.807, 2.05) is 6.92 Å². The zero-order valence-electron chi connectivity index (χ0n) is 7.78. The van der Waals surface area contributed by atoms with Crippen molar-refractivity contribution in [1.29, 1.82) is 0 Å². The zero-order valence-corrected chi connectivity index (χ0v) is 10.1. The molecule has 2 aromatic heterocycles. The molecule has 0 aliphatic rings. The van der Waals surface area contributed by atoms with E-state index in [0.717, 1.165) is 5.56 Å². The Kier molecular flexibility index (Phi) is 2.62. The van der Waals surface area contributed by atoms with E-state index >= 15 is 0 Å². The van der Waals surface area contributed by atoms with E-state index in [4.69, 9.17) is 17.3 Å². The van der Waals surface area contributed by atoms with Gasteiger partial charge in [-0.15, -0.1) is 0 Å². The Morgan fingerprint density at radius 2 is 2.20 bits per heavy atom. The van der Waals surface area contributed by atoms with Crippen molar-refractivity contribution in [1.82, 2.24) is 19.7 Å². The van der Waals surface area contributed by atoms with E-state index in [1.54, 1.807) is 12.4 Å². The van der Waals surface area contributed by atoms with Gasteiger partial charge >= 0.3 is 0 Å². The van der Waals surface area contributed by atoms with E-state index in [-0.39, 0.29) is 11.0 Å². The first-order chi connectivity index (χ1) is 7.08. The Balaban J connectivity index is 2.55. The van der Waals surface area contributed by atoms with Gasteiger partial charge in [0.2, 0.25) is 0 Å². The van der Waals surface area contributed by atoms with Gasteiger partial charge in [0.05, 0.1) is 10.7 Å². The lowest BCUT2D eigenvalue weighted by molar-refractivity contribution is 0.809. The summed E-state index contributed by atoms with van der Waals surface area (Å²) in [6.45, 7) is 1.92. The molecule has 0 bridgehead atoms. The summed E-state index contributed by atoms with van der Waals surface area (Å²) in [6.07, 6.45) is 3.49. The van der Waals surface area contributed by atoms with Crippen molar-refractivity contribution >= 4 is 33.3 Å². The van der Waals surface area contributed by atoms with E-state index in [0.29, 0.717) is 10.4 Å². The average molecular weight is 289 g/mol. The molecule has 0 aromatic carbocycles. The minimum atomic E-state index is 0.269. The highest BCUT2D eigenvalue weighted by atomic mass is 79.9. The summed E-state index contributed by atoms with van der Waals surface area (Å²) >= 11 is 9.04. The Morgan fingerprint density at radius 3 is 2.73 bits per heavy atom. The molecule has 0 atom stereocenters. The number of anilines is 1. The molecule has 0 saturated carbocycles.